The lowest BCUT2D eigenvalue weighted by atomic mass is 10.2. The number of hydrogen-bond donors (Lipinski definition) is 2. The predicted octanol–water partition coefficient (Wildman–Crippen LogP) is 0.410. The van der Waals surface area contributed by atoms with Gasteiger partial charge in [0.15, 0.2) is 12.3 Å². The van der Waals surface area contributed by atoms with E-state index in [1.165, 1.54) is 30.3 Å². The number of hydrazine groups is 1. The maximum Gasteiger partial charge on any atom is 0.359 e. The van der Waals surface area contributed by atoms with Gasteiger partial charge in [0.2, 0.25) is 0 Å². The molecule has 0 aliphatic rings. The fraction of sp³-hybridized carbons (Fsp3) is 0.235. The van der Waals surface area contributed by atoms with Gasteiger partial charge >= 0.3 is 5.97 Å². The maximum atomic E-state index is 13.4. The SMILES string of the molecule is CCCn1nc(C(=O)OCC(=O)NNC(=O)c2ccccc2F)ccc1=O. The molecule has 0 fully saturated rings. The van der Waals surface area contributed by atoms with Crippen molar-refractivity contribution >= 4 is 17.8 Å². The zero-order valence-electron chi connectivity index (χ0n) is 14.4. The Bertz CT molecular complexity index is 912. The Kier molecular flexibility index (Phi) is 6.75. The number of carbonyl (C=O) groups is 3. The third-order valence-corrected chi connectivity index (χ3v) is 3.28. The normalized spacial score (nSPS) is 10.1. The first-order chi connectivity index (χ1) is 12.9. The molecule has 2 rings (SSSR count). The van der Waals surface area contributed by atoms with Crippen LogP contribution in [0.1, 0.15) is 34.2 Å². The van der Waals surface area contributed by atoms with Crippen molar-refractivity contribution in [2.75, 3.05) is 6.61 Å². The van der Waals surface area contributed by atoms with Gasteiger partial charge in [-0.3, -0.25) is 25.2 Å². The lowest BCUT2D eigenvalue weighted by Gasteiger charge is -2.09. The zero-order chi connectivity index (χ0) is 19.8. The second-order valence-corrected chi connectivity index (χ2v) is 5.34. The molecule has 0 unspecified atom stereocenters. The molecule has 2 aromatic rings. The van der Waals surface area contributed by atoms with E-state index in [1.54, 1.807) is 0 Å². The highest BCUT2D eigenvalue weighted by atomic mass is 19.1. The molecule has 0 bridgehead atoms. The molecule has 142 valence electrons. The van der Waals surface area contributed by atoms with E-state index >= 15 is 0 Å². The quantitative estimate of drug-likeness (QED) is 0.557. The van der Waals surface area contributed by atoms with Crippen LogP contribution in [0, 0.1) is 5.82 Å². The Hall–Kier alpha value is -3.56. The summed E-state index contributed by atoms with van der Waals surface area (Å²) in [4.78, 5) is 46.9. The van der Waals surface area contributed by atoms with Crippen molar-refractivity contribution in [2.45, 2.75) is 19.9 Å². The van der Waals surface area contributed by atoms with Crippen LogP contribution in [0.3, 0.4) is 0 Å². The molecule has 0 aliphatic heterocycles. The summed E-state index contributed by atoms with van der Waals surface area (Å²) in [5.74, 6) is -3.35. The highest BCUT2D eigenvalue weighted by Gasteiger charge is 2.15. The summed E-state index contributed by atoms with van der Waals surface area (Å²) >= 11 is 0. The molecule has 2 amide bonds. The van der Waals surface area contributed by atoms with Crippen LogP contribution in [0.2, 0.25) is 0 Å². The van der Waals surface area contributed by atoms with E-state index in [1.807, 2.05) is 17.8 Å². The highest BCUT2D eigenvalue weighted by molar-refractivity contribution is 5.96. The Morgan fingerprint density at radius 3 is 2.59 bits per heavy atom. The average molecular weight is 376 g/mol. The Morgan fingerprint density at radius 2 is 1.89 bits per heavy atom. The van der Waals surface area contributed by atoms with Gasteiger partial charge in [0.1, 0.15) is 5.82 Å². The number of benzene rings is 1. The van der Waals surface area contributed by atoms with Crippen LogP contribution < -0.4 is 16.4 Å². The molecule has 0 saturated heterocycles. The van der Waals surface area contributed by atoms with Crippen molar-refractivity contribution < 1.29 is 23.5 Å². The molecule has 2 N–H and O–H groups in total. The van der Waals surface area contributed by atoms with Gasteiger partial charge in [0.25, 0.3) is 17.4 Å². The molecule has 1 aromatic carbocycles. The van der Waals surface area contributed by atoms with Gasteiger partial charge in [-0.05, 0) is 24.6 Å². The molecule has 0 atom stereocenters. The van der Waals surface area contributed by atoms with E-state index in [0.29, 0.717) is 13.0 Å². The number of halogens is 1. The molecule has 27 heavy (non-hydrogen) atoms. The average Bonchev–Trinajstić information content (AvgIpc) is 2.66. The van der Waals surface area contributed by atoms with Crippen LogP contribution in [0.15, 0.2) is 41.2 Å². The third-order valence-electron chi connectivity index (χ3n) is 3.28. The summed E-state index contributed by atoms with van der Waals surface area (Å²) in [5, 5.41) is 3.85. The summed E-state index contributed by atoms with van der Waals surface area (Å²) in [6, 6.07) is 7.59. The van der Waals surface area contributed by atoms with E-state index < -0.39 is 30.2 Å². The number of aryl methyl sites for hydroxylation is 1. The lowest BCUT2D eigenvalue weighted by Crippen LogP contribution is -2.43. The number of carbonyl (C=O) groups excluding carboxylic acids is 3. The fourth-order valence-corrected chi connectivity index (χ4v) is 2.01. The minimum Gasteiger partial charge on any atom is -0.451 e. The van der Waals surface area contributed by atoms with Crippen LogP contribution in [0.4, 0.5) is 4.39 Å². The van der Waals surface area contributed by atoms with Gasteiger partial charge in [-0.25, -0.2) is 13.9 Å². The molecular weight excluding hydrogens is 359 g/mol. The molecule has 10 heteroatoms. The van der Waals surface area contributed by atoms with Crippen molar-refractivity contribution in [2.24, 2.45) is 0 Å². The molecule has 0 spiro atoms. The van der Waals surface area contributed by atoms with Gasteiger partial charge in [0.05, 0.1) is 5.56 Å². The van der Waals surface area contributed by atoms with Crippen LogP contribution in [0.5, 0.6) is 0 Å². The Morgan fingerprint density at radius 1 is 1.15 bits per heavy atom. The number of amides is 2. The second-order valence-electron chi connectivity index (χ2n) is 5.34. The minimum atomic E-state index is -0.907. The van der Waals surface area contributed by atoms with Gasteiger partial charge in [-0.1, -0.05) is 19.1 Å². The number of aromatic nitrogens is 2. The molecular formula is C17H17FN4O5. The van der Waals surface area contributed by atoms with E-state index in [0.717, 1.165) is 10.7 Å². The van der Waals surface area contributed by atoms with Crippen molar-refractivity contribution in [1.29, 1.82) is 0 Å². The van der Waals surface area contributed by atoms with Crippen LogP contribution >= 0.6 is 0 Å². The molecule has 9 nitrogen and oxygen atoms in total. The first-order valence-corrected chi connectivity index (χ1v) is 8.01. The van der Waals surface area contributed by atoms with Gasteiger partial charge in [0, 0.05) is 12.6 Å². The van der Waals surface area contributed by atoms with Crippen LogP contribution in [0.25, 0.3) is 0 Å². The van der Waals surface area contributed by atoms with Gasteiger partial charge in [-0.15, -0.1) is 0 Å². The predicted molar refractivity (Wildman–Crippen MR) is 91.1 cm³/mol. The Labute approximate surface area is 153 Å². The Balaban J connectivity index is 1.85. The summed E-state index contributed by atoms with van der Waals surface area (Å²) < 4.78 is 19.3. The molecule has 0 radical (unpaired) electrons. The minimum absolute atomic E-state index is 0.133. The van der Waals surface area contributed by atoms with Crippen molar-refractivity contribution in [1.82, 2.24) is 20.6 Å². The van der Waals surface area contributed by atoms with Crippen LogP contribution in [-0.2, 0) is 16.1 Å². The largest absolute Gasteiger partial charge is 0.451 e. The van der Waals surface area contributed by atoms with E-state index in [2.05, 4.69) is 5.10 Å². The number of nitrogens with zero attached hydrogens (tertiary/aromatic N) is 2. The van der Waals surface area contributed by atoms with Crippen LogP contribution in [-0.4, -0.2) is 34.2 Å². The lowest BCUT2D eigenvalue weighted by molar-refractivity contribution is -0.125. The standard InChI is InChI=1S/C17H17FN4O5/c1-2-9-22-15(24)8-7-13(21-22)17(26)27-10-14(23)19-20-16(25)11-5-3-4-6-12(11)18/h3-8H,2,9-10H2,1H3,(H,19,23)(H,20,25). The topological polar surface area (TPSA) is 119 Å². The van der Waals surface area contributed by atoms with Crippen molar-refractivity contribution in [3.8, 4) is 0 Å². The summed E-state index contributed by atoms with van der Waals surface area (Å²) in [6.45, 7) is 1.48. The van der Waals surface area contributed by atoms with Crippen molar-refractivity contribution in [3.63, 3.8) is 0 Å². The fourth-order valence-electron chi connectivity index (χ4n) is 2.01. The molecule has 1 heterocycles. The number of ether oxygens (including phenoxy) is 1. The van der Waals surface area contributed by atoms with Crippen molar-refractivity contribution in [3.05, 3.63) is 63.8 Å². The highest BCUT2D eigenvalue weighted by Crippen LogP contribution is 2.05. The number of rotatable bonds is 6. The summed E-state index contributed by atoms with van der Waals surface area (Å²) in [5.41, 5.74) is 3.26. The monoisotopic (exact) mass is 376 g/mol. The zero-order valence-corrected chi connectivity index (χ0v) is 14.4. The maximum absolute atomic E-state index is 13.4. The van der Waals surface area contributed by atoms with E-state index in [9.17, 15) is 23.6 Å². The van der Waals surface area contributed by atoms with Gasteiger partial charge < -0.3 is 4.74 Å². The molecule has 0 saturated carbocycles. The molecule has 1 aromatic heterocycles. The first-order valence-electron chi connectivity index (χ1n) is 8.01. The summed E-state index contributed by atoms with van der Waals surface area (Å²) in [6.07, 6.45) is 0.648. The smallest absolute Gasteiger partial charge is 0.359 e. The second kappa shape index (κ2) is 9.22. The number of nitrogens with one attached hydrogen (secondary N) is 2. The number of esters is 1. The van der Waals surface area contributed by atoms with E-state index in [4.69, 9.17) is 4.74 Å². The molecule has 0 aliphatic carbocycles. The summed E-state index contributed by atoms with van der Waals surface area (Å²) in [7, 11) is 0. The third kappa shape index (κ3) is 5.46. The van der Waals surface area contributed by atoms with E-state index in [-0.39, 0.29) is 16.8 Å². The van der Waals surface area contributed by atoms with Gasteiger partial charge in [-0.2, -0.15) is 5.10 Å². The first kappa shape index (κ1) is 19.8. The number of hydrogen-bond acceptors (Lipinski definition) is 6.